The number of hydrogen-bond acceptors (Lipinski definition) is 3. The maximum Gasteiger partial charge on any atom is 0.160 e. The highest BCUT2D eigenvalue weighted by atomic mass is 16.6. The fourth-order valence-electron chi connectivity index (χ4n) is 8.33. The maximum absolute atomic E-state index is 12.7. The minimum atomic E-state index is -1.09. The van der Waals surface area contributed by atoms with Gasteiger partial charge in [-0.25, -0.2) is 0 Å². The molecule has 5 aliphatic rings. The zero-order chi connectivity index (χ0) is 18.5. The molecule has 146 valence electrons. The third-order valence-electron chi connectivity index (χ3n) is 9.64. The van der Waals surface area contributed by atoms with Gasteiger partial charge >= 0.3 is 0 Å². The number of hydrogen-bond donors (Lipinski definition) is 1. The summed E-state index contributed by atoms with van der Waals surface area (Å²) >= 11 is 0. The smallest absolute Gasteiger partial charge is 0.160 e. The number of ketones is 1. The first-order chi connectivity index (χ1) is 12.1. The first-order valence-electron chi connectivity index (χ1n) is 11.1. The van der Waals surface area contributed by atoms with Crippen LogP contribution in [0.25, 0.3) is 0 Å². The van der Waals surface area contributed by atoms with Gasteiger partial charge in [-0.2, -0.15) is 0 Å². The topological polar surface area (TPSA) is 46.5 Å². The van der Waals surface area contributed by atoms with E-state index in [0.29, 0.717) is 29.0 Å². The van der Waals surface area contributed by atoms with Crippen molar-refractivity contribution in [1.29, 1.82) is 0 Å². The Hall–Kier alpha value is -0.410. The minimum Gasteiger partial charge on any atom is -0.366 e. The lowest BCUT2D eigenvalue weighted by atomic mass is 9.44. The van der Waals surface area contributed by atoms with Crippen molar-refractivity contribution in [2.45, 2.75) is 91.0 Å². The van der Waals surface area contributed by atoms with Gasteiger partial charge < -0.3 is 9.84 Å². The largest absolute Gasteiger partial charge is 0.366 e. The van der Waals surface area contributed by atoms with Gasteiger partial charge in [0.25, 0.3) is 0 Å². The summed E-state index contributed by atoms with van der Waals surface area (Å²) in [6, 6.07) is 0. The summed E-state index contributed by atoms with van der Waals surface area (Å²) in [4.78, 5) is 12.7. The number of carbonyl (C=O) groups excluding carboxylic acids is 1. The van der Waals surface area contributed by atoms with E-state index in [1.165, 1.54) is 25.7 Å². The molecule has 5 unspecified atom stereocenters. The predicted molar refractivity (Wildman–Crippen MR) is 100 cm³/mol. The van der Waals surface area contributed by atoms with Crippen LogP contribution in [-0.2, 0) is 9.53 Å². The summed E-state index contributed by atoms with van der Waals surface area (Å²) in [6.07, 6.45) is 9.47. The molecule has 9 atom stereocenters. The predicted octanol–water partition coefficient (Wildman–Crippen LogP) is 4.57. The van der Waals surface area contributed by atoms with Crippen molar-refractivity contribution >= 4 is 5.78 Å². The van der Waals surface area contributed by atoms with Crippen molar-refractivity contribution in [3.63, 3.8) is 0 Å². The van der Waals surface area contributed by atoms with Gasteiger partial charge in [0, 0.05) is 11.8 Å². The molecule has 0 aromatic rings. The lowest BCUT2D eigenvalue weighted by molar-refractivity contribution is -0.262. The monoisotopic (exact) mass is 360 g/mol. The summed E-state index contributed by atoms with van der Waals surface area (Å²) in [6.45, 7) is 8.36. The van der Waals surface area contributed by atoms with Gasteiger partial charge in [0.2, 0.25) is 0 Å². The molecule has 1 N–H and O–H groups in total. The molecule has 0 saturated heterocycles. The Morgan fingerprint density at radius 3 is 2.54 bits per heavy atom. The lowest BCUT2D eigenvalue weighted by Gasteiger charge is -2.62. The molecule has 5 aliphatic carbocycles. The second-order valence-corrected chi connectivity index (χ2v) is 11.4. The van der Waals surface area contributed by atoms with Crippen molar-refractivity contribution in [3.05, 3.63) is 0 Å². The van der Waals surface area contributed by atoms with Crippen molar-refractivity contribution in [2.75, 3.05) is 0 Å². The number of carbonyl (C=O) groups is 1. The van der Waals surface area contributed by atoms with Crippen LogP contribution in [0.2, 0.25) is 0 Å². The molecule has 5 rings (SSSR count). The van der Waals surface area contributed by atoms with E-state index < -0.39 is 5.79 Å². The minimum absolute atomic E-state index is 0.118. The van der Waals surface area contributed by atoms with Crippen molar-refractivity contribution in [1.82, 2.24) is 0 Å². The average molecular weight is 361 g/mol. The Bertz CT molecular complexity index is 621. The molecule has 0 aromatic carbocycles. The van der Waals surface area contributed by atoms with Gasteiger partial charge in [-0.1, -0.05) is 13.8 Å². The molecular weight excluding hydrogens is 324 g/mol. The number of aliphatic hydroxyl groups is 1. The Balaban J connectivity index is 1.54. The van der Waals surface area contributed by atoms with Gasteiger partial charge in [-0.3, -0.25) is 4.79 Å². The molecule has 0 aliphatic heterocycles. The second kappa shape index (κ2) is 5.35. The van der Waals surface area contributed by atoms with E-state index in [2.05, 4.69) is 13.8 Å². The summed E-state index contributed by atoms with van der Waals surface area (Å²) in [5.41, 5.74) is 0.289. The molecule has 3 heteroatoms. The van der Waals surface area contributed by atoms with Gasteiger partial charge in [-0.15, -0.1) is 0 Å². The fourth-order valence-corrected chi connectivity index (χ4v) is 8.33. The Labute approximate surface area is 158 Å². The molecule has 0 heterocycles. The summed E-state index contributed by atoms with van der Waals surface area (Å²) in [5.74, 6) is 3.60. The third-order valence-corrected chi connectivity index (χ3v) is 9.64. The van der Waals surface area contributed by atoms with Crippen LogP contribution in [-0.4, -0.2) is 22.8 Å². The van der Waals surface area contributed by atoms with Crippen LogP contribution in [0.15, 0.2) is 0 Å². The van der Waals surface area contributed by atoms with Crippen LogP contribution in [0.3, 0.4) is 0 Å². The van der Waals surface area contributed by atoms with E-state index in [9.17, 15) is 9.90 Å². The van der Waals surface area contributed by atoms with E-state index in [1.54, 1.807) is 13.8 Å². The Morgan fingerprint density at radius 2 is 1.81 bits per heavy atom. The summed E-state index contributed by atoms with van der Waals surface area (Å²) < 4.78 is 6.34. The fraction of sp³-hybridized carbons (Fsp3) is 0.957. The molecule has 3 nitrogen and oxygen atoms in total. The Morgan fingerprint density at radius 1 is 1.04 bits per heavy atom. The first-order valence-corrected chi connectivity index (χ1v) is 11.1. The van der Waals surface area contributed by atoms with Crippen molar-refractivity contribution in [2.24, 2.45) is 46.3 Å². The summed E-state index contributed by atoms with van der Waals surface area (Å²) in [5, 5.41) is 10.5. The van der Waals surface area contributed by atoms with E-state index in [1.807, 2.05) is 0 Å². The number of rotatable bonds is 2. The van der Waals surface area contributed by atoms with Crippen LogP contribution in [0.5, 0.6) is 0 Å². The highest BCUT2D eigenvalue weighted by molar-refractivity contribution is 5.87. The van der Waals surface area contributed by atoms with Crippen molar-refractivity contribution < 1.29 is 14.6 Å². The van der Waals surface area contributed by atoms with Gasteiger partial charge in [0.1, 0.15) is 5.78 Å². The first kappa shape index (κ1) is 17.7. The van der Waals surface area contributed by atoms with Gasteiger partial charge in [-0.05, 0) is 99.7 Å². The third kappa shape index (κ3) is 2.35. The molecule has 5 fully saturated rings. The number of fused-ring (bicyclic) bond motifs is 7. The normalized spacial score (nSPS) is 55.6. The summed E-state index contributed by atoms with van der Waals surface area (Å²) in [7, 11) is 0. The SMILES string of the molecule is CC(C)(O)OC1CC2[C@@H]3C[C@@H]3CC[C@]2(C)C2CC[C@]3(C)C(=O)CCC3C12. The van der Waals surface area contributed by atoms with Crippen LogP contribution in [0, 0.1) is 46.3 Å². The van der Waals surface area contributed by atoms with Gasteiger partial charge in [0.15, 0.2) is 5.79 Å². The maximum atomic E-state index is 12.7. The average Bonchev–Trinajstić information content (AvgIpc) is 3.27. The van der Waals surface area contributed by atoms with E-state index >= 15 is 0 Å². The Kier molecular flexibility index (Phi) is 3.63. The molecular formula is C23H36O3. The quantitative estimate of drug-likeness (QED) is 0.734. The molecule has 0 radical (unpaired) electrons. The van der Waals surface area contributed by atoms with Crippen LogP contribution in [0.4, 0.5) is 0 Å². The van der Waals surface area contributed by atoms with E-state index in [-0.39, 0.29) is 11.5 Å². The molecule has 0 spiro atoms. The van der Waals surface area contributed by atoms with Crippen LogP contribution in [0.1, 0.15) is 79.1 Å². The van der Waals surface area contributed by atoms with E-state index in [4.69, 9.17) is 4.74 Å². The zero-order valence-electron chi connectivity index (χ0n) is 17.0. The van der Waals surface area contributed by atoms with Crippen LogP contribution >= 0.6 is 0 Å². The van der Waals surface area contributed by atoms with Crippen LogP contribution < -0.4 is 0 Å². The molecule has 5 saturated carbocycles. The molecule has 0 aromatic heterocycles. The van der Waals surface area contributed by atoms with E-state index in [0.717, 1.165) is 43.4 Å². The number of Topliss-reactive ketones (excluding diaryl/α,β-unsaturated/α-hetero) is 1. The highest BCUT2D eigenvalue weighted by Gasteiger charge is 2.66. The molecule has 26 heavy (non-hydrogen) atoms. The molecule has 0 amide bonds. The molecule has 0 bridgehead atoms. The van der Waals surface area contributed by atoms with Crippen molar-refractivity contribution in [3.8, 4) is 0 Å². The standard InChI is InChI=1S/C23H36O3/c1-21(2,25)26-18-12-17-14-11-13(14)7-9-22(17,3)16-8-10-23(4)15(20(16)18)5-6-19(23)24/h13-18,20,25H,5-12H2,1-4H3/t13-,14+,15?,16?,17?,18?,20?,22+,23-/m0/s1. The van der Waals surface area contributed by atoms with Gasteiger partial charge in [0.05, 0.1) is 6.10 Å². The highest BCUT2D eigenvalue weighted by Crippen LogP contribution is 2.71. The zero-order valence-corrected chi connectivity index (χ0v) is 17.0. The number of ether oxygens (including phenoxy) is 1. The second-order valence-electron chi connectivity index (χ2n) is 11.4. The lowest BCUT2D eigenvalue weighted by Crippen LogP contribution is -2.59.